The molecule has 134 valence electrons. The molecule has 0 aromatic rings. The molecule has 5 nitrogen and oxygen atoms in total. The smallest absolute Gasteiger partial charge is 0.225 e. The van der Waals surface area contributed by atoms with E-state index >= 15 is 0 Å². The molecule has 2 aliphatic rings. The number of rotatable bonds is 6. The first-order chi connectivity index (χ1) is 11.0. The number of hydrogen-bond donors (Lipinski definition) is 1. The van der Waals surface area contributed by atoms with Crippen molar-refractivity contribution in [2.24, 2.45) is 5.92 Å². The zero-order valence-electron chi connectivity index (χ0n) is 15.6. The van der Waals surface area contributed by atoms with Gasteiger partial charge in [-0.25, -0.2) is 0 Å². The highest BCUT2D eigenvalue weighted by molar-refractivity contribution is 5.78. The molecule has 3 unspecified atom stereocenters. The molecule has 0 saturated carbocycles. The van der Waals surface area contributed by atoms with Crippen LogP contribution >= 0.6 is 0 Å². The van der Waals surface area contributed by atoms with Crippen LogP contribution in [0.2, 0.25) is 0 Å². The van der Waals surface area contributed by atoms with Gasteiger partial charge < -0.3 is 20.0 Å². The van der Waals surface area contributed by atoms with E-state index in [-0.39, 0.29) is 5.92 Å². The summed E-state index contributed by atoms with van der Waals surface area (Å²) in [7, 11) is 0. The molecule has 1 N–H and O–H groups in total. The summed E-state index contributed by atoms with van der Waals surface area (Å²) in [5, 5.41) is 3.69. The third-order valence-corrected chi connectivity index (χ3v) is 5.48. The number of nitrogens with zero attached hydrogens (tertiary/aromatic N) is 3. The zero-order valence-corrected chi connectivity index (χ0v) is 15.6. The van der Waals surface area contributed by atoms with Crippen LogP contribution in [-0.2, 0) is 4.79 Å². The number of carbonyl (C=O) groups is 1. The Balaban J connectivity index is 1.73. The van der Waals surface area contributed by atoms with Crippen molar-refractivity contribution in [1.82, 2.24) is 20.0 Å². The average Bonchev–Trinajstić information content (AvgIpc) is 2.58. The van der Waals surface area contributed by atoms with Gasteiger partial charge in [0.05, 0.1) is 0 Å². The first-order valence-corrected chi connectivity index (χ1v) is 9.53. The van der Waals surface area contributed by atoms with Crippen molar-refractivity contribution >= 4 is 5.91 Å². The normalized spacial score (nSPS) is 28.8. The molecule has 0 aliphatic carbocycles. The second-order valence-corrected chi connectivity index (χ2v) is 7.35. The maximum absolute atomic E-state index is 12.6. The van der Waals surface area contributed by atoms with E-state index < -0.39 is 0 Å². The van der Waals surface area contributed by atoms with Gasteiger partial charge in [0.25, 0.3) is 0 Å². The predicted molar refractivity (Wildman–Crippen MR) is 95.6 cm³/mol. The fourth-order valence-electron chi connectivity index (χ4n) is 3.88. The molecule has 2 rings (SSSR count). The molecule has 0 bridgehead atoms. The summed E-state index contributed by atoms with van der Waals surface area (Å²) in [4.78, 5) is 19.6. The summed E-state index contributed by atoms with van der Waals surface area (Å²) in [6.07, 6.45) is 2.09. The molecule has 2 fully saturated rings. The van der Waals surface area contributed by atoms with Gasteiger partial charge in [0.15, 0.2) is 0 Å². The van der Waals surface area contributed by atoms with Gasteiger partial charge in [-0.15, -0.1) is 0 Å². The summed E-state index contributed by atoms with van der Waals surface area (Å²) >= 11 is 0. The fourth-order valence-corrected chi connectivity index (χ4v) is 3.88. The van der Waals surface area contributed by atoms with Crippen molar-refractivity contribution in [2.45, 2.75) is 52.6 Å². The Labute approximate surface area is 142 Å². The van der Waals surface area contributed by atoms with Crippen LogP contribution in [0.3, 0.4) is 0 Å². The van der Waals surface area contributed by atoms with Crippen LogP contribution in [0.1, 0.15) is 40.5 Å². The molecule has 2 saturated heterocycles. The van der Waals surface area contributed by atoms with Gasteiger partial charge in [-0.05, 0) is 32.9 Å². The van der Waals surface area contributed by atoms with Crippen LogP contribution in [0.25, 0.3) is 0 Å². The summed E-state index contributed by atoms with van der Waals surface area (Å²) in [5.41, 5.74) is 0. The highest BCUT2D eigenvalue weighted by Gasteiger charge is 2.27. The first kappa shape index (κ1) is 18.7. The maximum Gasteiger partial charge on any atom is 0.225 e. The number of carbonyl (C=O) groups excluding carboxylic acids is 1. The highest BCUT2D eigenvalue weighted by Crippen LogP contribution is 2.16. The third-order valence-electron chi connectivity index (χ3n) is 5.48. The van der Waals surface area contributed by atoms with Crippen molar-refractivity contribution in [2.75, 3.05) is 52.4 Å². The lowest BCUT2D eigenvalue weighted by molar-refractivity contribution is -0.137. The third kappa shape index (κ3) is 5.44. The number of nitrogens with one attached hydrogen (secondary N) is 1. The molecule has 3 atom stereocenters. The van der Waals surface area contributed by atoms with Crippen molar-refractivity contribution in [3.05, 3.63) is 0 Å². The van der Waals surface area contributed by atoms with Crippen LogP contribution in [0, 0.1) is 5.92 Å². The Bertz CT molecular complexity index is 368. The Morgan fingerprint density at radius 1 is 1.09 bits per heavy atom. The van der Waals surface area contributed by atoms with Crippen LogP contribution in [0.5, 0.6) is 0 Å². The second kappa shape index (κ2) is 9.00. The molecule has 5 heteroatoms. The largest absolute Gasteiger partial charge is 0.340 e. The lowest BCUT2D eigenvalue weighted by Gasteiger charge is -2.38. The number of hydrogen-bond acceptors (Lipinski definition) is 4. The minimum Gasteiger partial charge on any atom is -0.340 e. The molecule has 1 amide bonds. The Morgan fingerprint density at radius 2 is 1.74 bits per heavy atom. The van der Waals surface area contributed by atoms with Gasteiger partial charge >= 0.3 is 0 Å². The van der Waals surface area contributed by atoms with Crippen LogP contribution < -0.4 is 5.32 Å². The molecule has 0 spiro atoms. The molecular weight excluding hydrogens is 288 g/mol. The van der Waals surface area contributed by atoms with Crippen LogP contribution in [0.15, 0.2) is 0 Å². The molecule has 0 aromatic heterocycles. The highest BCUT2D eigenvalue weighted by atomic mass is 16.2. The van der Waals surface area contributed by atoms with Crippen molar-refractivity contribution < 1.29 is 4.79 Å². The number of piperazine rings is 2. The summed E-state index contributed by atoms with van der Waals surface area (Å²) in [6, 6.07) is 1.09. The molecular formula is C18H36N4O. The molecule has 2 heterocycles. The van der Waals surface area contributed by atoms with Gasteiger partial charge in [-0.2, -0.15) is 0 Å². The van der Waals surface area contributed by atoms with E-state index in [9.17, 15) is 4.79 Å². The standard InChI is InChI=1S/C18H36N4O/c1-5-20-9-11-22(12-10-20)18(23)15(3)7-8-17-14-21(6-2)13-16(4)19-17/h15-17,19H,5-14H2,1-4H3. The van der Waals surface area contributed by atoms with Gasteiger partial charge in [0.1, 0.15) is 0 Å². The van der Waals surface area contributed by atoms with Crippen molar-refractivity contribution in [3.8, 4) is 0 Å². The van der Waals surface area contributed by atoms with E-state index in [2.05, 4.69) is 47.7 Å². The van der Waals surface area contributed by atoms with E-state index in [1.807, 2.05) is 0 Å². The lowest BCUT2D eigenvalue weighted by Crippen LogP contribution is -2.55. The summed E-state index contributed by atoms with van der Waals surface area (Å²) in [5.74, 6) is 0.509. The number of likely N-dealkylation sites (N-methyl/N-ethyl adjacent to an activating group) is 2. The fraction of sp³-hybridized carbons (Fsp3) is 0.944. The van der Waals surface area contributed by atoms with E-state index in [1.54, 1.807) is 0 Å². The minimum atomic E-state index is 0.150. The second-order valence-electron chi connectivity index (χ2n) is 7.35. The van der Waals surface area contributed by atoms with Crippen LogP contribution in [0.4, 0.5) is 0 Å². The van der Waals surface area contributed by atoms with E-state index in [0.717, 1.165) is 65.2 Å². The Morgan fingerprint density at radius 3 is 2.35 bits per heavy atom. The minimum absolute atomic E-state index is 0.150. The first-order valence-electron chi connectivity index (χ1n) is 9.53. The predicted octanol–water partition coefficient (Wildman–Crippen LogP) is 1.25. The van der Waals surface area contributed by atoms with Gasteiger partial charge in [-0.3, -0.25) is 4.79 Å². The van der Waals surface area contributed by atoms with Crippen molar-refractivity contribution in [3.63, 3.8) is 0 Å². The Kier molecular flexibility index (Phi) is 7.31. The Hall–Kier alpha value is -0.650. The monoisotopic (exact) mass is 324 g/mol. The van der Waals surface area contributed by atoms with Gasteiger partial charge in [-0.1, -0.05) is 20.8 Å². The topological polar surface area (TPSA) is 38.8 Å². The number of amides is 1. The lowest BCUT2D eigenvalue weighted by atomic mass is 9.97. The van der Waals surface area contributed by atoms with E-state index in [0.29, 0.717) is 18.0 Å². The maximum atomic E-state index is 12.6. The molecule has 0 aromatic carbocycles. The van der Waals surface area contributed by atoms with E-state index in [1.165, 1.54) is 0 Å². The molecule has 0 radical (unpaired) electrons. The average molecular weight is 325 g/mol. The van der Waals surface area contributed by atoms with Crippen LogP contribution in [-0.4, -0.2) is 85.0 Å². The zero-order chi connectivity index (χ0) is 16.8. The van der Waals surface area contributed by atoms with Gasteiger partial charge in [0, 0.05) is 57.3 Å². The van der Waals surface area contributed by atoms with Crippen molar-refractivity contribution in [1.29, 1.82) is 0 Å². The SMILES string of the molecule is CCN1CCN(C(=O)C(C)CCC2CN(CC)CC(C)N2)CC1. The molecule has 2 aliphatic heterocycles. The quantitative estimate of drug-likeness (QED) is 0.798. The summed E-state index contributed by atoms with van der Waals surface area (Å²) in [6.45, 7) is 17.1. The molecule has 23 heavy (non-hydrogen) atoms. The van der Waals surface area contributed by atoms with Gasteiger partial charge in [0.2, 0.25) is 5.91 Å². The van der Waals surface area contributed by atoms with E-state index in [4.69, 9.17) is 0 Å². The summed E-state index contributed by atoms with van der Waals surface area (Å²) < 4.78 is 0.